The van der Waals surface area contributed by atoms with Crippen molar-refractivity contribution >= 4 is 5.82 Å². The molecule has 0 radical (unpaired) electrons. The highest BCUT2D eigenvalue weighted by Gasteiger charge is 2.35. The van der Waals surface area contributed by atoms with Gasteiger partial charge in [-0.15, -0.1) is 0 Å². The van der Waals surface area contributed by atoms with E-state index in [1.807, 2.05) is 6.92 Å². The molecular weight excluding hydrogens is 322 g/mol. The number of allylic oxidation sites excluding steroid dienone is 3. The van der Waals surface area contributed by atoms with E-state index in [9.17, 15) is 0 Å². The van der Waals surface area contributed by atoms with Crippen molar-refractivity contribution in [2.45, 2.75) is 45.8 Å². The van der Waals surface area contributed by atoms with Gasteiger partial charge in [0.15, 0.2) is 0 Å². The molecule has 4 rings (SSSR count). The van der Waals surface area contributed by atoms with E-state index in [-0.39, 0.29) is 0 Å². The van der Waals surface area contributed by atoms with Crippen LogP contribution in [-0.4, -0.2) is 47.1 Å². The third-order valence-electron chi connectivity index (χ3n) is 5.76. The lowest BCUT2D eigenvalue weighted by Crippen LogP contribution is -2.44. The predicted octanol–water partition coefficient (Wildman–Crippen LogP) is 2.73. The lowest BCUT2D eigenvalue weighted by atomic mass is 10.1. The van der Waals surface area contributed by atoms with Crippen LogP contribution in [0.1, 0.15) is 36.8 Å². The van der Waals surface area contributed by atoms with Crippen LogP contribution in [0.4, 0.5) is 5.82 Å². The SMILES string of the molecule is C=CC1=C(/C=C\C)CCC1N1Cc2nc(C)nc(N3CCNCC3)c2C1. The maximum absolute atomic E-state index is 4.83. The van der Waals surface area contributed by atoms with E-state index >= 15 is 0 Å². The topological polar surface area (TPSA) is 44.3 Å². The van der Waals surface area contributed by atoms with Gasteiger partial charge in [-0.1, -0.05) is 24.8 Å². The second-order valence-electron chi connectivity index (χ2n) is 7.40. The summed E-state index contributed by atoms with van der Waals surface area (Å²) >= 11 is 0. The molecule has 1 fully saturated rings. The monoisotopic (exact) mass is 351 g/mol. The molecule has 0 amide bonds. The third-order valence-corrected chi connectivity index (χ3v) is 5.76. The van der Waals surface area contributed by atoms with Gasteiger partial charge >= 0.3 is 0 Å². The Hall–Kier alpha value is -1.98. The highest BCUT2D eigenvalue weighted by atomic mass is 15.3. The Kier molecular flexibility index (Phi) is 4.92. The molecule has 138 valence electrons. The molecule has 1 aromatic heterocycles. The number of aromatic nitrogens is 2. The largest absolute Gasteiger partial charge is 0.354 e. The summed E-state index contributed by atoms with van der Waals surface area (Å²) in [7, 11) is 0. The first kappa shape index (κ1) is 17.4. The van der Waals surface area contributed by atoms with E-state index in [1.165, 1.54) is 28.8 Å². The van der Waals surface area contributed by atoms with E-state index in [0.29, 0.717) is 6.04 Å². The van der Waals surface area contributed by atoms with Crippen molar-refractivity contribution in [3.63, 3.8) is 0 Å². The first-order valence-corrected chi connectivity index (χ1v) is 9.75. The van der Waals surface area contributed by atoms with Crippen LogP contribution < -0.4 is 10.2 Å². The summed E-state index contributed by atoms with van der Waals surface area (Å²) in [6.45, 7) is 14.2. The van der Waals surface area contributed by atoms with Crippen LogP contribution in [0.3, 0.4) is 0 Å². The van der Waals surface area contributed by atoms with Gasteiger partial charge in [0.1, 0.15) is 11.6 Å². The highest BCUT2D eigenvalue weighted by molar-refractivity contribution is 5.52. The number of nitrogens with zero attached hydrogens (tertiary/aromatic N) is 4. The van der Waals surface area contributed by atoms with Gasteiger partial charge in [0, 0.05) is 50.9 Å². The molecule has 1 aliphatic carbocycles. The maximum Gasteiger partial charge on any atom is 0.137 e. The first-order chi connectivity index (χ1) is 12.7. The molecule has 3 aliphatic rings. The third kappa shape index (κ3) is 3.10. The number of fused-ring (bicyclic) bond motifs is 1. The van der Waals surface area contributed by atoms with Crippen LogP contribution in [0.15, 0.2) is 36.0 Å². The molecule has 0 aromatic carbocycles. The molecule has 2 aliphatic heterocycles. The molecule has 1 N–H and O–H groups in total. The number of aryl methyl sites for hydroxylation is 1. The second-order valence-corrected chi connectivity index (χ2v) is 7.40. The number of piperazine rings is 1. The lowest BCUT2D eigenvalue weighted by Gasteiger charge is -2.30. The van der Waals surface area contributed by atoms with Crippen LogP contribution >= 0.6 is 0 Å². The van der Waals surface area contributed by atoms with Gasteiger partial charge < -0.3 is 10.2 Å². The summed E-state index contributed by atoms with van der Waals surface area (Å²) in [5, 5.41) is 3.43. The van der Waals surface area contributed by atoms with Crippen LogP contribution in [0, 0.1) is 6.92 Å². The normalized spacial score (nSPS) is 23.9. The molecule has 0 bridgehead atoms. The molecule has 0 saturated carbocycles. The van der Waals surface area contributed by atoms with Gasteiger partial charge in [0.2, 0.25) is 0 Å². The fraction of sp³-hybridized carbons (Fsp3) is 0.524. The van der Waals surface area contributed by atoms with Crippen molar-refractivity contribution in [3.8, 4) is 0 Å². The summed E-state index contributed by atoms with van der Waals surface area (Å²) in [6.07, 6.45) is 8.75. The van der Waals surface area contributed by atoms with Crippen molar-refractivity contribution in [1.82, 2.24) is 20.2 Å². The van der Waals surface area contributed by atoms with Crippen LogP contribution in [0.5, 0.6) is 0 Å². The maximum atomic E-state index is 4.83. The van der Waals surface area contributed by atoms with Crippen molar-refractivity contribution in [2.24, 2.45) is 0 Å². The fourth-order valence-electron chi connectivity index (χ4n) is 4.57. The number of rotatable bonds is 4. The van der Waals surface area contributed by atoms with Gasteiger partial charge in [-0.2, -0.15) is 0 Å². The van der Waals surface area contributed by atoms with Gasteiger partial charge in [0.25, 0.3) is 0 Å². The molecule has 1 atom stereocenters. The van der Waals surface area contributed by atoms with Crippen molar-refractivity contribution in [3.05, 3.63) is 53.0 Å². The molecule has 5 nitrogen and oxygen atoms in total. The molecule has 5 heteroatoms. The average molecular weight is 351 g/mol. The van der Waals surface area contributed by atoms with Crippen molar-refractivity contribution < 1.29 is 0 Å². The highest BCUT2D eigenvalue weighted by Crippen LogP contribution is 2.38. The number of nitrogens with one attached hydrogen (secondary N) is 1. The molecule has 1 saturated heterocycles. The summed E-state index contributed by atoms with van der Waals surface area (Å²) in [4.78, 5) is 14.6. The summed E-state index contributed by atoms with van der Waals surface area (Å²) in [5.74, 6) is 2.05. The number of hydrogen-bond acceptors (Lipinski definition) is 5. The van der Waals surface area contributed by atoms with E-state index in [2.05, 4.69) is 46.8 Å². The van der Waals surface area contributed by atoms with Gasteiger partial charge in [-0.05, 0) is 37.8 Å². The molecule has 1 unspecified atom stereocenters. The van der Waals surface area contributed by atoms with Gasteiger partial charge in [-0.3, -0.25) is 4.90 Å². The standard InChI is InChI=1S/C21H29N5/c1-4-6-16-7-8-20(17(16)5-2)26-13-18-19(14-26)23-15(3)24-21(18)25-11-9-22-10-12-25/h4-6,20,22H,2,7-14H2,1,3H3/b6-4-. The Bertz CT molecular complexity index is 758. The Morgan fingerprint density at radius 3 is 2.73 bits per heavy atom. The Morgan fingerprint density at radius 1 is 1.19 bits per heavy atom. The van der Waals surface area contributed by atoms with Crippen molar-refractivity contribution in [2.75, 3.05) is 31.1 Å². The van der Waals surface area contributed by atoms with Crippen LogP contribution in [0.25, 0.3) is 0 Å². The molecule has 3 heterocycles. The second kappa shape index (κ2) is 7.33. The van der Waals surface area contributed by atoms with Gasteiger partial charge in [0.05, 0.1) is 5.69 Å². The number of anilines is 1. The summed E-state index contributed by atoms with van der Waals surface area (Å²) in [6, 6.07) is 0.448. The minimum absolute atomic E-state index is 0.448. The average Bonchev–Trinajstić information content (AvgIpc) is 3.25. The summed E-state index contributed by atoms with van der Waals surface area (Å²) in [5.41, 5.74) is 5.38. The van der Waals surface area contributed by atoms with E-state index in [0.717, 1.165) is 57.3 Å². The van der Waals surface area contributed by atoms with E-state index < -0.39 is 0 Å². The fourth-order valence-corrected chi connectivity index (χ4v) is 4.57. The lowest BCUT2D eigenvalue weighted by molar-refractivity contribution is 0.225. The molecule has 26 heavy (non-hydrogen) atoms. The zero-order valence-electron chi connectivity index (χ0n) is 16.0. The Morgan fingerprint density at radius 2 is 2.00 bits per heavy atom. The summed E-state index contributed by atoms with van der Waals surface area (Å²) < 4.78 is 0. The van der Waals surface area contributed by atoms with Crippen LogP contribution in [-0.2, 0) is 13.1 Å². The van der Waals surface area contributed by atoms with Crippen LogP contribution in [0.2, 0.25) is 0 Å². The minimum atomic E-state index is 0.448. The van der Waals surface area contributed by atoms with Crippen molar-refractivity contribution in [1.29, 1.82) is 0 Å². The smallest absolute Gasteiger partial charge is 0.137 e. The molecular formula is C21H29N5. The molecule has 1 aromatic rings. The minimum Gasteiger partial charge on any atom is -0.354 e. The quantitative estimate of drug-likeness (QED) is 0.904. The van der Waals surface area contributed by atoms with Gasteiger partial charge in [-0.25, -0.2) is 9.97 Å². The van der Waals surface area contributed by atoms with E-state index in [4.69, 9.17) is 9.97 Å². The Balaban J connectivity index is 1.62. The predicted molar refractivity (Wildman–Crippen MR) is 106 cm³/mol. The molecule has 0 spiro atoms. The zero-order valence-corrected chi connectivity index (χ0v) is 16.0. The Labute approximate surface area is 156 Å². The van der Waals surface area contributed by atoms with E-state index in [1.54, 1.807) is 0 Å². The zero-order chi connectivity index (χ0) is 18.1. The first-order valence-electron chi connectivity index (χ1n) is 9.75. The number of hydrogen-bond donors (Lipinski definition) is 1.